The molecule has 0 amide bonds. The second-order valence-electron chi connectivity index (χ2n) is 3.96. The molecule has 2 aromatic rings. The van der Waals surface area contributed by atoms with Gasteiger partial charge < -0.3 is 16.3 Å². The molecule has 0 aliphatic carbocycles. The molecule has 0 saturated heterocycles. The van der Waals surface area contributed by atoms with Gasteiger partial charge in [-0.1, -0.05) is 0 Å². The van der Waals surface area contributed by atoms with Crippen LogP contribution in [0, 0.1) is 13.8 Å². The smallest absolute Gasteiger partial charge is 0.219 e. The number of nitrogen functional groups attached to an aromatic ring is 2. The van der Waals surface area contributed by atoms with Crippen LogP contribution in [-0.2, 0) is 0 Å². The third kappa shape index (κ3) is 1.80. The highest BCUT2D eigenvalue weighted by Gasteiger charge is 2.11. The quantitative estimate of drug-likeness (QED) is 0.768. The van der Waals surface area contributed by atoms with E-state index in [0.29, 0.717) is 5.95 Å². The van der Waals surface area contributed by atoms with Crippen molar-refractivity contribution >= 4 is 5.95 Å². The van der Waals surface area contributed by atoms with E-state index in [1.54, 1.807) is 13.3 Å². The molecule has 4 N–H and O–H groups in total. The molecule has 0 atom stereocenters. The second-order valence-corrected chi connectivity index (χ2v) is 3.96. The van der Waals surface area contributed by atoms with Crippen LogP contribution in [0.4, 0.5) is 5.95 Å². The molecule has 0 fully saturated rings. The van der Waals surface area contributed by atoms with Crippen molar-refractivity contribution in [1.29, 1.82) is 0 Å². The first kappa shape index (κ1) is 11.3. The summed E-state index contributed by atoms with van der Waals surface area (Å²) < 4.78 is 6.58. The lowest BCUT2D eigenvalue weighted by molar-refractivity contribution is 0.411. The molecule has 5 nitrogen and oxygen atoms in total. The van der Waals surface area contributed by atoms with Gasteiger partial charge >= 0.3 is 0 Å². The van der Waals surface area contributed by atoms with Crippen molar-refractivity contribution < 1.29 is 4.74 Å². The summed E-state index contributed by atoms with van der Waals surface area (Å²) in [7, 11) is 1.66. The average Bonchev–Trinajstić information content (AvgIpc) is 2.63. The molecule has 90 valence electrons. The van der Waals surface area contributed by atoms with Gasteiger partial charge in [-0.3, -0.25) is 0 Å². The number of anilines is 1. The van der Waals surface area contributed by atoms with E-state index in [9.17, 15) is 0 Å². The Labute approximate surface area is 100.0 Å². The largest absolute Gasteiger partial charge is 0.496 e. The van der Waals surface area contributed by atoms with Gasteiger partial charge in [0, 0.05) is 5.56 Å². The number of rotatable bonds is 2. The molecule has 2 rings (SSSR count). The summed E-state index contributed by atoms with van der Waals surface area (Å²) in [5, 5.41) is 0. The van der Waals surface area contributed by atoms with Crippen LogP contribution in [0.2, 0.25) is 0 Å². The van der Waals surface area contributed by atoms with Crippen molar-refractivity contribution in [1.82, 2.24) is 9.66 Å². The molecule has 0 bridgehead atoms. The number of hydrogen-bond acceptors (Lipinski definition) is 4. The lowest BCUT2D eigenvalue weighted by atomic mass is 10.0. The van der Waals surface area contributed by atoms with Crippen molar-refractivity contribution in [3.8, 4) is 17.0 Å². The Bertz CT molecular complexity index is 540. The lowest BCUT2D eigenvalue weighted by Crippen LogP contribution is -2.09. The standard InChI is InChI=1S/C12H16N4O/c1-7-8(2)11(17-3)5-4-9(7)10-6-16(14)12(13)15-10/h4-6H,14H2,1-3H3,(H2,13,15). The SMILES string of the molecule is COc1ccc(-c2cn(N)c(N)n2)c(C)c1C. The highest BCUT2D eigenvalue weighted by atomic mass is 16.5. The van der Waals surface area contributed by atoms with E-state index in [1.807, 2.05) is 26.0 Å². The highest BCUT2D eigenvalue weighted by molar-refractivity contribution is 5.67. The van der Waals surface area contributed by atoms with E-state index in [0.717, 1.165) is 28.1 Å². The molecule has 0 unspecified atom stereocenters. The van der Waals surface area contributed by atoms with E-state index in [-0.39, 0.29) is 0 Å². The Kier molecular flexibility index (Phi) is 2.67. The van der Waals surface area contributed by atoms with E-state index in [1.165, 1.54) is 4.68 Å². The molecule has 5 heteroatoms. The molecular formula is C12H16N4O. The summed E-state index contributed by atoms with van der Waals surface area (Å²) in [6.07, 6.45) is 1.71. The Balaban J connectivity index is 2.57. The fourth-order valence-electron chi connectivity index (χ4n) is 1.83. The third-order valence-corrected chi connectivity index (χ3v) is 2.99. The maximum absolute atomic E-state index is 5.63. The average molecular weight is 232 g/mol. The number of aromatic nitrogens is 2. The predicted octanol–water partition coefficient (Wildman–Crippen LogP) is 1.47. The van der Waals surface area contributed by atoms with E-state index in [2.05, 4.69) is 4.98 Å². The molecule has 17 heavy (non-hydrogen) atoms. The lowest BCUT2D eigenvalue weighted by Gasteiger charge is -2.10. The van der Waals surface area contributed by atoms with Gasteiger partial charge in [0.1, 0.15) is 5.75 Å². The molecule has 0 saturated carbocycles. The summed E-state index contributed by atoms with van der Waals surface area (Å²) in [5.41, 5.74) is 9.62. The van der Waals surface area contributed by atoms with Crippen LogP contribution < -0.4 is 16.3 Å². The highest BCUT2D eigenvalue weighted by Crippen LogP contribution is 2.30. The minimum Gasteiger partial charge on any atom is -0.496 e. The Morgan fingerprint density at radius 1 is 1.24 bits per heavy atom. The van der Waals surface area contributed by atoms with E-state index < -0.39 is 0 Å². The first-order valence-corrected chi connectivity index (χ1v) is 5.29. The maximum atomic E-state index is 5.63. The number of methoxy groups -OCH3 is 1. The maximum Gasteiger partial charge on any atom is 0.219 e. The summed E-state index contributed by atoms with van der Waals surface area (Å²) in [6, 6.07) is 3.88. The predicted molar refractivity (Wildman–Crippen MR) is 68.3 cm³/mol. The Morgan fingerprint density at radius 3 is 2.47 bits per heavy atom. The number of ether oxygens (including phenoxy) is 1. The van der Waals surface area contributed by atoms with Crippen LogP contribution in [0.5, 0.6) is 5.75 Å². The summed E-state index contributed by atoms with van der Waals surface area (Å²) in [6.45, 7) is 4.04. The minimum atomic E-state index is 0.299. The number of hydrogen-bond donors (Lipinski definition) is 2. The number of imidazole rings is 1. The Hall–Kier alpha value is -2.17. The number of nitrogens with zero attached hydrogens (tertiary/aromatic N) is 2. The van der Waals surface area contributed by atoms with E-state index in [4.69, 9.17) is 16.3 Å². The molecule has 1 heterocycles. The fraction of sp³-hybridized carbons (Fsp3) is 0.250. The topological polar surface area (TPSA) is 79.1 Å². The fourth-order valence-corrected chi connectivity index (χ4v) is 1.83. The third-order valence-electron chi connectivity index (χ3n) is 2.99. The summed E-state index contributed by atoms with van der Waals surface area (Å²) in [5.74, 6) is 6.79. The van der Waals surface area contributed by atoms with Gasteiger partial charge in [-0.25, -0.2) is 9.66 Å². The van der Waals surface area contributed by atoms with Crippen molar-refractivity contribution in [3.05, 3.63) is 29.5 Å². The second kappa shape index (κ2) is 4.01. The number of nitrogens with two attached hydrogens (primary N) is 2. The monoisotopic (exact) mass is 232 g/mol. The zero-order valence-corrected chi connectivity index (χ0v) is 10.2. The molecule has 1 aromatic carbocycles. The van der Waals surface area contributed by atoms with Gasteiger partial charge in [0.2, 0.25) is 5.95 Å². The van der Waals surface area contributed by atoms with Crippen molar-refractivity contribution in [2.24, 2.45) is 0 Å². The number of benzene rings is 1. The molecule has 0 spiro atoms. The van der Waals surface area contributed by atoms with Crippen LogP contribution in [0.15, 0.2) is 18.3 Å². The van der Waals surface area contributed by atoms with Crippen LogP contribution >= 0.6 is 0 Å². The first-order chi connectivity index (χ1) is 8.04. The molecule has 1 aromatic heterocycles. The normalized spacial score (nSPS) is 10.5. The van der Waals surface area contributed by atoms with E-state index >= 15 is 0 Å². The summed E-state index contributed by atoms with van der Waals surface area (Å²) >= 11 is 0. The molecular weight excluding hydrogens is 216 g/mol. The van der Waals surface area contributed by atoms with Gasteiger partial charge in [-0.05, 0) is 37.1 Å². The van der Waals surface area contributed by atoms with Gasteiger partial charge in [0.05, 0.1) is 19.0 Å². The summed E-state index contributed by atoms with van der Waals surface area (Å²) in [4.78, 5) is 4.21. The van der Waals surface area contributed by atoms with Crippen LogP contribution in [0.3, 0.4) is 0 Å². The minimum absolute atomic E-state index is 0.299. The van der Waals surface area contributed by atoms with Gasteiger partial charge in [-0.15, -0.1) is 0 Å². The van der Waals surface area contributed by atoms with Gasteiger partial charge in [0.25, 0.3) is 0 Å². The van der Waals surface area contributed by atoms with Crippen molar-refractivity contribution in [3.63, 3.8) is 0 Å². The van der Waals surface area contributed by atoms with Crippen molar-refractivity contribution in [2.45, 2.75) is 13.8 Å². The Morgan fingerprint density at radius 2 is 1.94 bits per heavy atom. The molecule has 0 aliphatic rings. The van der Waals surface area contributed by atoms with Crippen LogP contribution in [0.25, 0.3) is 11.3 Å². The molecule has 0 aliphatic heterocycles. The van der Waals surface area contributed by atoms with Crippen LogP contribution in [0.1, 0.15) is 11.1 Å². The van der Waals surface area contributed by atoms with Gasteiger partial charge in [-0.2, -0.15) is 0 Å². The zero-order valence-electron chi connectivity index (χ0n) is 10.2. The first-order valence-electron chi connectivity index (χ1n) is 5.29. The van der Waals surface area contributed by atoms with Crippen LogP contribution in [-0.4, -0.2) is 16.8 Å². The van der Waals surface area contributed by atoms with Gasteiger partial charge in [0.15, 0.2) is 0 Å². The zero-order chi connectivity index (χ0) is 12.6. The molecule has 0 radical (unpaired) electrons. The van der Waals surface area contributed by atoms with Crippen molar-refractivity contribution in [2.75, 3.05) is 18.7 Å².